The van der Waals surface area contributed by atoms with E-state index in [9.17, 15) is 14.9 Å². The standard InChI is InChI=1S/C11H11N3O3S2/c15-10(7-19-11-12-5-6-18-11)13-8-1-3-9(4-2-8)14(16)17/h1-4H,5-7H2,(H,13,15). The summed E-state index contributed by atoms with van der Waals surface area (Å²) in [5, 5.41) is 13.2. The number of non-ortho nitro benzene ring substituents is 1. The Morgan fingerprint density at radius 3 is 2.79 bits per heavy atom. The van der Waals surface area contributed by atoms with Crippen LogP contribution in [-0.2, 0) is 4.79 Å². The molecule has 0 radical (unpaired) electrons. The highest BCUT2D eigenvalue weighted by atomic mass is 32.2. The van der Waals surface area contributed by atoms with Crippen molar-refractivity contribution in [3.63, 3.8) is 0 Å². The second-order valence-corrected chi connectivity index (χ2v) is 5.94. The summed E-state index contributed by atoms with van der Waals surface area (Å²) in [6.07, 6.45) is 0. The predicted octanol–water partition coefficient (Wildman–Crippen LogP) is 2.37. The first-order chi connectivity index (χ1) is 9.15. The number of anilines is 1. The number of hydrogen-bond donors (Lipinski definition) is 1. The van der Waals surface area contributed by atoms with Gasteiger partial charge in [0.15, 0.2) is 0 Å². The lowest BCUT2D eigenvalue weighted by Crippen LogP contribution is -2.14. The molecule has 0 saturated heterocycles. The molecule has 1 N–H and O–H groups in total. The van der Waals surface area contributed by atoms with Gasteiger partial charge in [-0.15, -0.1) is 0 Å². The van der Waals surface area contributed by atoms with E-state index < -0.39 is 4.92 Å². The highest BCUT2D eigenvalue weighted by molar-refractivity contribution is 8.39. The van der Waals surface area contributed by atoms with E-state index in [2.05, 4.69) is 10.3 Å². The summed E-state index contributed by atoms with van der Waals surface area (Å²) < 4.78 is 0.943. The van der Waals surface area contributed by atoms with Gasteiger partial charge in [-0.2, -0.15) is 0 Å². The number of nitro benzene ring substituents is 1. The van der Waals surface area contributed by atoms with Crippen LogP contribution < -0.4 is 5.32 Å². The van der Waals surface area contributed by atoms with E-state index in [1.807, 2.05) is 0 Å². The summed E-state index contributed by atoms with van der Waals surface area (Å²) in [6, 6.07) is 5.75. The van der Waals surface area contributed by atoms with Gasteiger partial charge in [-0.3, -0.25) is 19.9 Å². The minimum atomic E-state index is -0.475. The third kappa shape index (κ3) is 4.25. The number of carbonyl (C=O) groups is 1. The second-order valence-electron chi connectivity index (χ2n) is 3.64. The molecule has 2 rings (SSSR count). The molecule has 0 bridgehead atoms. The number of hydrogen-bond acceptors (Lipinski definition) is 6. The number of nitrogens with one attached hydrogen (secondary N) is 1. The van der Waals surface area contributed by atoms with E-state index in [0.717, 1.165) is 16.7 Å². The summed E-state index contributed by atoms with van der Waals surface area (Å²) in [4.78, 5) is 25.9. The molecule has 6 nitrogen and oxygen atoms in total. The molecule has 0 unspecified atom stereocenters. The highest BCUT2D eigenvalue weighted by Crippen LogP contribution is 2.22. The van der Waals surface area contributed by atoms with Crippen LogP contribution in [0.1, 0.15) is 0 Å². The Morgan fingerprint density at radius 1 is 1.47 bits per heavy atom. The molecule has 1 heterocycles. The summed E-state index contributed by atoms with van der Waals surface area (Å²) in [6.45, 7) is 0.816. The summed E-state index contributed by atoms with van der Waals surface area (Å²) in [5.41, 5.74) is 0.557. The van der Waals surface area contributed by atoms with E-state index in [0.29, 0.717) is 11.4 Å². The normalized spacial score (nSPS) is 14.0. The van der Waals surface area contributed by atoms with Crippen molar-refractivity contribution < 1.29 is 9.72 Å². The first kappa shape index (κ1) is 13.9. The molecular formula is C11H11N3O3S2. The van der Waals surface area contributed by atoms with Crippen LogP contribution in [0.2, 0.25) is 0 Å². The maximum absolute atomic E-state index is 11.7. The maximum atomic E-state index is 11.7. The molecule has 0 aromatic heterocycles. The summed E-state index contributed by atoms with van der Waals surface area (Å²) in [7, 11) is 0. The van der Waals surface area contributed by atoms with Gasteiger partial charge in [-0.25, -0.2) is 0 Å². The van der Waals surface area contributed by atoms with Gasteiger partial charge >= 0.3 is 0 Å². The van der Waals surface area contributed by atoms with Gasteiger partial charge in [-0.05, 0) is 12.1 Å². The van der Waals surface area contributed by atoms with Crippen molar-refractivity contribution in [3.8, 4) is 0 Å². The lowest BCUT2D eigenvalue weighted by molar-refractivity contribution is -0.384. The Kier molecular flexibility index (Phi) is 4.80. The van der Waals surface area contributed by atoms with Crippen molar-refractivity contribution in [3.05, 3.63) is 34.4 Å². The molecule has 1 aliphatic heterocycles. The topological polar surface area (TPSA) is 84.6 Å². The molecule has 0 fully saturated rings. The van der Waals surface area contributed by atoms with Gasteiger partial charge in [0, 0.05) is 23.6 Å². The fourth-order valence-electron chi connectivity index (χ4n) is 1.39. The Hall–Kier alpha value is -1.54. The molecule has 8 heteroatoms. The molecule has 19 heavy (non-hydrogen) atoms. The second kappa shape index (κ2) is 6.58. The minimum absolute atomic E-state index is 0.00378. The average molecular weight is 297 g/mol. The monoisotopic (exact) mass is 297 g/mol. The summed E-state index contributed by atoms with van der Waals surface area (Å²) in [5.74, 6) is 1.13. The molecule has 1 amide bonds. The zero-order valence-corrected chi connectivity index (χ0v) is 11.5. The van der Waals surface area contributed by atoms with Gasteiger partial charge in [-0.1, -0.05) is 23.5 Å². The Labute approximate surface area is 118 Å². The fourth-order valence-corrected chi connectivity index (χ4v) is 3.20. The number of nitro groups is 1. The van der Waals surface area contributed by atoms with E-state index >= 15 is 0 Å². The van der Waals surface area contributed by atoms with E-state index in [4.69, 9.17) is 0 Å². The van der Waals surface area contributed by atoms with Crippen LogP contribution in [0.3, 0.4) is 0 Å². The van der Waals surface area contributed by atoms with Crippen LogP contribution in [0.5, 0.6) is 0 Å². The highest BCUT2D eigenvalue weighted by Gasteiger charge is 2.11. The van der Waals surface area contributed by atoms with Crippen molar-refractivity contribution in [1.29, 1.82) is 0 Å². The minimum Gasteiger partial charge on any atom is -0.325 e. The number of amides is 1. The van der Waals surface area contributed by atoms with Crippen LogP contribution in [-0.4, -0.2) is 33.3 Å². The average Bonchev–Trinajstić information content (AvgIpc) is 2.90. The molecule has 0 atom stereocenters. The largest absolute Gasteiger partial charge is 0.325 e. The van der Waals surface area contributed by atoms with Crippen LogP contribution in [0.25, 0.3) is 0 Å². The lowest BCUT2D eigenvalue weighted by Gasteiger charge is -2.04. The predicted molar refractivity (Wildman–Crippen MR) is 78.9 cm³/mol. The number of thioether (sulfide) groups is 2. The molecule has 0 saturated carbocycles. The Balaban J connectivity index is 1.82. The number of rotatable bonds is 4. The first-order valence-corrected chi connectivity index (χ1v) is 7.46. The van der Waals surface area contributed by atoms with Crippen LogP contribution in [0.15, 0.2) is 29.3 Å². The van der Waals surface area contributed by atoms with Gasteiger partial charge in [0.2, 0.25) is 5.91 Å². The van der Waals surface area contributed by atoms with Gasteiger partial charge in [0.1, 0.15) is 4.38 Å². The molecule has 100 valence electrons. The van der Waals surface area contributed by atoms with Crippen molar-refractivity contribution in [2.24, 2.45) is 4.99 Å². The number of aliphatic imine (C=N–C) groups is 1. The van der Waals surface area contributed by atoms with Crippen LogP contribution >= 0.6 is 23.5 Å². The molecule has 0 aliphatic carbocycles. The van der Waals surface area contributed by atoms with Gasteiger partial charge < -0.3 is 5.32 Å². The maximum Gasteiger partial charge on any atom is 0.269 e. The summed E-state index contributed by atoms with van der Waals surface area (Å²) >= 11 is 3.07. The molecule has 0 spiro atoms. The number of benzene rings is 1. The first-order valence-electron chi connectivity index (χ1n) is 5.49. The number of nitrogens with zero attached hydrogens (tertiary/aromatic N) is 2. The molecule has 1 aromatic carbocycles. The third-order valence-electron chi connectivity index (χ3n) is 2.25. The van der Waals surface area contributed by atoms with Crippen LogP contribution in [0, 0.1) is 10.1 Å². The quantitative estimate of drug-likeness (QED) is 0.681. The lowest BCUT2D eigenvalue weighted by atomic mass is 10.3. The van der Waals surface area contributed by atoms with E-state index in [-0.39, 0.29) is 11.6 Å². The Bertz CT molecular complexity index is 516. The fraction of sp³-hybridized carbons (Fsp3) is 0.273. The van der Waals surface area contributed by atoms with Crippen LogP contribution in [0.4, 0.5) is 11.4 Å². The Morgan fingerprint density at radius 2 is 2.21 bits per heavy atom. The zero-order valence-electron chi connectivity index (χ0n) is 9.87. The van der Waals surface area contributed by atoms with Gasteiger partial charge in [0.25, 0.3) is 5.69 Å². The van der Waals surface area contributed by atoms with E-state index in [1.165, 1.54) is 36.0 Å². The van der Waals surface area contributed by atoms with Gasteiger partial charge in [0.05, 0.1) is 17.2 Å². The van der Waals surface area contributed by atoms with Crippen molar-refractivity contribution in [2.75, 3.05) is 23.4 Å². The molecular weight excluding hydrogens is 286 g/mol. The molecule has 1 aliphatic rings. The SMILES string of the molecule is O=C(CSC1=NCCS1)Nc1ccc([N+](=O)[O-])cc1. The molecule has 1 aromatic rings. The van der Waals surface area contributed by atoms with Crippen molar-refractivity contribution in [1.82, 2.24) is 0 Å². The number of carbonyl (C=O) groups excluding carboxylic acids is 1. The third-order valence-corrected chi connectivity index (χ3v) is 4.50. The van der Waals surface area contributed by atoms with Crippen molar-refractivity contribution >= 4 is 45.2 Å². The smallest absolute Gasteiger partial charge is 0.269 e. The van der Waals surface area contributed by atoms with Crippen molar-refractivity contribution in [2.45, 2.75) is 0 Å². The zero-order chi connectivity index (χ0) is 13.7. The van der Waals surface area contributed by atoms with E-state index in [1.54, 1.807) is 11.8 Å².